The average molecular weight is 208 g/mol. The van der Waals surface area contributed by atoms with Crippen molar-refractivity contribution in [3.63, 3.8) is 0 Å². The zero-order valence-electron chi connectivity index (χ0n) is 9.62. The predicted octanol–water partition coefficient (Wildman–Crippen LogP) is 2.03. The molecule has 1 aromatic heterocycles. The van der Waals surface area contributed by atoms with Crippen LogP contribution in [0.3, 0.4) is 0 Å². The maximum atomic E-state index is 5.55. The van der Waals surface area contributed by atoms with E-state index in [1.54, 1.807) is 0 Å². The van der Waals surface area contributed by atoms with Crippen LogP contribution in [0.4, 0.5) is 0 Å². The van der Waals surface area contributed by atoms with Gasteiger partial charge in [-0.25, -0.2) is 0 Å². The van der Waals surface area contributed by atoms with Crippen LogP contribution in [0.15, 0.2) is 10.5 Å². The third kappa shape index (κ3) is 2.24. The molecule has 0 aliphatic heterocycles. The number of furan rings is 1. The molecule has 2 rings (SSSR count). The Labute approximate surface area is 91.2 Å². The fourth-order valence-corrected chi connectivity index (χ4v) is 2.07. The van der Waals surface area contributed by atoms with Crippen LogP contribution in [0, 0.1) is 6.92 Å². The first-order valence-electron chi connectivity index (χ1n) is 5.69. The molecule has 1 aliphatic carbocycles. The monoisotopic (exact) mass is 208 g/mol. The van der Waals surface area contributed by atoms with E-state index in [0.29, 0.717) is 6.54 Å². The molecule has 1 saturated carbocycles. The first-order chi connectivity index (χ1) is 7.20. The maximum Gasteiger partial charge on any atom is 0.118 e. The summed E-state index contributed by atoms with van der Waals surface area (Å²) in [6.45, 7) is 3.50. The molecule has 15 heavy (non-hydrogen) atoms. The lowest BCUT2D eigenvalue weighted by molar-refractivity contribution is 0.152. The summed E-state index contributed by atoms with van der Waals surface area (Å²) in [4.78, 5) is 2.42. The van der Waals surface area contributed by atoms with Gasteiger partial charge in [0, 0.05) is 18.2 Å². The molecule has 0 saturated heterocycles. The van der Waals surface area contributed by atoms with E-state index in [1.165, 1.54) is 24.8 Å². The Morgan fingerprint density at radius 1 is 1.53 bits per heavy atom. The Morgan fingerprint density at radius 2 is 2.27 bits per heavy atom. The standard InChI is InChI=1S/C12H20N2O/c1-9-10(6-12(7-13)15-9)8-14(2)11-4-3-5-11/h6,11H,3-5,7-8,13H2,1-2H3. The lowest BCUT2D eigenvalue weighted by Gasteiger charge is -2.34. The highest BCUT2D eigenvalue weighted by Crippen LogP contribution is 2.26. The normalized spacial score (nSPS) is 17.1. The van der Waals surface area contributed by atoms with Gasteiger partial charge in [-0.15, -0.1) is 0 Å². The van der Waals surface area contributed by atoms with Crippen LogP contribution < -0.4 is 5.73 Å². The van der Waals surface area contributed by atoms with Gasteiger partial charge in [0.15, 0.2) is 0 Å². The van der Waals surface area contributed by atoms with Crippen molar-refractivity contribution in [2.75, 3.05) is 7.05 Å². The number of hydrogen-bond acceptors (Lipinski definition) is 3. The first kappa shape index (κ1) is 10.7. The largest absolute Gasteiger partial charge is 0.465 e. The quantitative estimate of drug-likeness (QED) is 0.823. The summed E-state index contributed by atoms with van der Waals surface area (Å²) in [5.41, 5.74) is 6.83. The van der Waals surface area contributed by atoms with Crippen LogP contribution in [0.5, 0.6) is 0 Å². The minimum Gasteiger partial charge on any atom is -0.465 e. The van der Waals surface area contributed by atoms with Crippen molar-refractivity contribution in [1.82, 2.24) is 4.90 Å². The number of aryl methyl sites for hydroxylation is 1. The molecule has 0 atom stereocenters. The molecule has 1 heterocycles. The molecular formula is C12H20N2O. The second-order valence-corrected chi connectivity index (χ2v) is 4.50. The van der Waals surface area contributed by atoms with Gasteiger partial charge in [0.1, 0.15) is 11.5 Å². The fourth-order valence-electron chi connectivity index (χ4n) is 2.07. The van der Waals surface area contributed by atoms with Gasteiger partial charge >= 0.3 is 0 Å². The van der Waals surface area contributed by atoms with Gasteiger partial charge in [-0.05, 0) is 32.9 Å². The van der Waals surface area contributed by atoms with Crippen molar-refractivity contribution < 1.29 is 4.42 Å². The van der Waals surface area contributed by atoms with Crippen LogP contribution in [-0.2, 0) is 13.1 Å². The Balaban J connectivity index is 1.99. The highest BCUT2D eigenvalue weighted by atomic mass is 16.3. The SMILES string of the molecule is Cc1oc(CN)cc1CN(C)C1CCC1. The summed E-state index contributed by atoms with van der Waals surface area (Å²) in [5.74, 6) is 1.91. The van der Waals surface area contributed by atoms with Crippen molar-refractivity contribution in [3.8, 4) is 0 Å². The zero-order valence-corrected chi connectivity index (χ0v) is 9.62. The molecule has 0 aromatic carbocycles. The highest BCUT2D eigenvalue weighted by Gasteiger charge is 2.22. The Bertz CT molecular complexity index is 328. The molecule has 0 unspecified atom stereocenters. The molecule has 0 radical (unpaired) electrons. The maximum absolute atomic E-state index is 5.55. The van der Waals surface area contributed by atoms with E-state index in [-0.39, 0.29) is 0 Å². The van der Waals surface area contributed by atoms with E-state index in [9.17, 15) is 0 Å². The third-order valence-electron chi connectivity index (χ3n) is 3.39. The molecule has 84 valence electrons. The molecular weight excluding hydrogens is 188 g/mol. The number of rotatable bonds is 4. The van der Waals surface area contributed by atoms with E-state index in [4.69, 9.17) is 10.2 Å². The van der Waals surface area contributed by atoms with Crippen LogP contribution in [0.1, 0.15) is 36.3 Å². The smallest absolute Gasteiger partial charge is 0.118 e. The molecule has 1 aliphatic rings. The van der Waals surface area contributed by atoms with Crippen LogP contribution in [0.25, 0.3) is 0 Å². The van der Waals surface area contributed by atoms with Gasteiger partial charge in [0.2, 0.25) is 0 Å². The second kappa shape index (κ2) is 4.37. The molecule has 1 fully saturated rings. The summed E-state index contributed by atoms with van der Waals surface area (Å²) in [7, 11) is 2.19. The van der Waals surface area contributed by atoms with E-state index in [1.807, 2.05) is 6.92 Å². The molecule has 3 nitrogen and oxygen atoms in total. The minimum atomic E-state index is 0.494. The van der Waals surface area contributed by atoms with E-state index >= 15 is 0 Å². The molecule has 0 spiro atoms. The minimum absolute atomic E-state index is 0.494. The molecule has 0 amide bonds. The van der Waals surface area contributed by atoms with Crippen LogP contribution in [-0.4, -0.2) is 18.0 Å². The number of nitrogens with two attached hydrogens (primary N) is 1. The molecule has 0 bridgehead atoms. The van der Waals surface area contributed by atoms with Crippen molar-refractivity contribution in [2.24, 2.45) is 5.73 Å². The lowest BCUT2D eigenvalue weighted by Crippen LogP contribution is -2.36. The van der Waals surface area contributed by atoms with Crippen LogP contribution in [0.2, 0.25) is 0 Å². The topological polar surface area (TPSA) is 42.4 Å². The summed E-state index contributed by atoms with van der Waals surface area (Å²) in [6.07, 6.45) is 4.07. The van der Waals surface area contributed by atoms with Crippen molar-refractivity contribution in [3.05, 3.63) is 23.2 Å². The van der Waals surface area contributed by atoms with Gasteiger partial charge < -0.3 is 10.2 Å². The van der Waals surface area contributed by atoms with Crippen molar-refractivity contribution in [2.45, 2.75) is 45.3 Å². The number of hydrogen-bond donors (Lipinski definition) is 1. The Kier molecular flexibility index (Phi) is 3.12. The zero-order chi connectivity index (χ0) is 10.8. The summed E-state index contributed by atoms with van der Waals surface area (Å²) in [5, 5.41) is 0. The van der Waals surface area contributed by atoms with Gasteiger partial charge in [-0.1, -0.05) is 6.42 Å². The summed E-state index contributed by atoms with van der Waals surface area (Å²) < 4.78 is 5.54. The average Bonchev–Trinajstić information content (AvgIpc) is 2.44. The fraction of sp³-hybridized carbons (Fsp3) is 0.667. The van der Waals surface area contributed by atoms with E-state index in [0.717, 1.165) is 24.1 Å². The molecule has 1 aromatic rings. The van der Waals surface area contributed by atoms with Gasteiger partial charge in [0.25, 0.3) is 0 Å². The highest BCUT2D eigenvalue weighted by molar-refractivity contribution is 5.20. The van der Waals surface area contributed by atoms with E-state index < -0.39 is 0 Å². The molecule has 2 N–H and O–H groups in total. The van der Waals surface area contributed by atoms with Gasteiger partial charge in [-0.2, -0.15) is 0 Å². The summed E-state index contributed by atoms with van der Waals surface area (Å²) in [6, 6.07) is 2.87. The third-order valence-corrected chi connectivity index (χ3v) is 3.39. The second-order valence-electron chi connectivity index (χ2n) is 4.50. The lowest BCUT2D eigenvalue weighted by atomic mass is 9.91. The Morgan fingerprint density at radius 3 is 2.73 bits per heavy atom. The Hall–Kier alpha value is -0.800. The summed E-state index contributed by atoms with van der Waals surface area (Å²) >= 11 is 0. The first-order valence-corrected chi connectivity index (χ1v) is 5.69. The number of nitrogens with zero attached hydrogens (tertiary/aromatic N) is 1. The van der Waals surface area contributed by atoms with Crippen LogP contribution >= 0.6 is 0 Å². The van der Waals surface area contributed by atoms with Gasteiger partial charge in [-0.3, -0.25) is 4.90 Å². The molecule has 3 heteroatoms. The van der Waals surface area contributed by atoms with E-state index in [2.05, 4.69) is 18.0 Å². The van der Waals surface area contributed by atoms with Gasteiger partial charge in [0.05, 0.1) is 6.54 Å². The van der Waals surface area contributed by atoms with Crippen molar-refractivity contribution in [1.29, 1.82) is 0 Å². The van der Waals surface area contributed by atoms with Crippen molar-refractivity contribution >= 4 is 0 Å². The predicted molar refractivity (Wildman–Crippen MR) is 60.4 cm³/mol.